The minimum absolute atomic E-state index is 0.820. The normalized spacial score (nSPS) is 12.2. The Hall–Kier alpha value is -7.04. The summed E-state index contributed by atoms with van der Waals surface area (Å²) in [5.41, 5.74) is 14.4. The predicted octanol–water partition coefficient (Wildman–Crippen LogP) is 12.3. The monoisotopic (exact) mass is 660 g/mol. The smallest absolute Gasteiger partial charge is 0.165 e. The SMILES string of the molecule is c1ccc2c(c1)-c1ccccc1-n1c3ccccc3c3cc4c(c-2c31)c1ccccc1n4-c1nc2ccccc2nc1-c1ccc2ccccc2c1. The van der Waals surface area contributed by atoms with Gasteiger partial charge in [0.2, 0.25) is 0 Å². The maximum atomic E-state index is 5.48. The molecule has 8 aromatic carbocycles. The Morgan fingerprint density at radius 1 is 0.404 bits per heavy atom. The Morgan fingerprint density at radius 2 is 1.04 bits per heavy atom. The van der Waals surface area contributed by atoms with Gasteiger partial charge in [-0.05, 0) is 64.4 Å². The lowest BCUT2D eigenvalue weighted by Gasteiger charge is -2.15. The molecule has 0 radical (unpaired) electrons. The van der Waals surface area contributed by atoms with E-state index in [9.17, 15) is 0 Å². The van der Waals surface area contributed by atoms with E-state index >= 15 is 0 Å². The summed E-state index contributed by atoms with van der Waals surface area (Å²) in [6, 6.07) is 61.2. The Morgan fingerprint density at radius 3 is 1.88 bits per heavy atom. The van der Waals surface area contributed by atoms with Crippen LogP contribution < -0.4 is 0 Å². The standard InChI is InChI=1S/C48H28N4/c1-2-14-30-27-31(26-25-29(30)13-1)46-48(50-39-21-9-8-20-38(39)49-46)52-42-24-12-7-19-36(42)44-43(52)28-37-34-17-6-11-23-41(34)51-40-22-10-5-16-33(40)32-15-3-4-18-35(32)45(44)47(37)51/h1-28H. The summed E-state index contributed by atoms with van der Waals surface area (Å²) in [7, 11) is 0. The summed E-state index contributed by atoms with van der Waals surface area (Å²) in [6.07, 6.45) is 0. The first-order valence-electron chi connectivity index (χ1n) is 17.8. The molecule has 0 N–H and O–H groups in total. The lowest BCUT2D eigenvalue weighted by Crippen LogP contribution is -2.04. The largest absolute Gasteiger partial charge is 0.308 e. The van der Waals surface area contributed by atoms with Gasteiger partial charge in [0.25, 0.3) is 0 Å². The average Bonchev–Trinajstić information content (AvgIpc) is 3.67. The van der Waals surface area contributed by atoms with Crippen LogP contribution in [0.25, 0.3) is 110 Å². The highest BCUT2D eigenvalue weighted by Crippen LogP contribution is 2.51. The fourth-order valence-electron chi connectivity index (χ4n) is 8.82. The van der Waals surface area contributed by atoms with Crippen molar-refractivity contribution < 1.29 is 0 Å². The van der Waals surface area contributed by atoms with Crippen LogP contribution in [0.15, 0.2) is 170 Å². The van der Waals surface area contributed by atoms with E-state index in [0.29, 0.717) is 0 Å². The maximum Gasteiger partial charge on any atom is 0.165 e. The summed E-state index contributed by atoms with van der Waals surface area (Å²) in [5, 5.41) is 7.22. The van der Waals surface area contributed by atoms with Crippen LogP contribution >= 0.6 is 0 Å². The van der Waals surface area contributed by atoms with Crippen LogP contribution in [-0.2, 0) is 0 Å². The summed E-state index contributed by atoms with van der Waals surface area (Å²) in [5.74, 6) is 0.820. The molecule has 0 atom stereocenters. The van der Waals surface area contributed by atoms with Gasteiger partial charge < -0.3 is 4.57 Å². The molecule has 0 unspecified atom stereocenters. The van der Waals surface area contributed by atoms with Crippen molar-refractivity contribution in [1.29, 1.82) is 0 Å². The van der Waals surface area contributed by atoms with Crippen molar-refractivity contribution in [3.63, 3.8) is 0 Å². The van der Waals surface area contributed by atoms with E-state index < -0.39 is 0 Å². The molecule has 11 aromatic rings. The van der Waals surface area contributed by atoms with Crippen molar-refractivity contribution in [1.82, 2.24) is 19.1 Å². The van der Waals surface area contributed by atoms with Crippen LogP contribution in [0.1, 0.15) is 0 Å². The van der Waals surface area contributed by atoms with Crippen molar-refractivity contribution in [2.45, 2.75) is 0 Å². The fraction of sp³-hybridized carbons (Fsp3) is 0. The minimum Gasteiger partial charge on any atom is -0.308 e. The summed E-state index contributed by atoms with van der Waals surface area (Å²) in [6.45, 7) is 0. The van der Waals surface area contributed by atoms with Gasteiger partial charge in [0.1, 0.15) is 5.69 Å². The van der Waals surface area contributed by atoms with Crippen LogP contribution in [-0.4, -0.2) is 19.1 Å². The van der Waals surface area contributed by atoms with E-state index in [1.54, 1.807) is 0 Å². The molecule has 1 aliphatic heterocycles. The molecule has 1 aliphatic rings. The van der Waals surface area contributed by atoms with Crippen molar-refractivity contribution in [3.8, 4) is 45.0 Å². The third kappa shape index (κ3) is 3.65. The number of nitrogens with zero attached hydrogens (tertiary/aromatic N) is 4. The third-order valence-electron chi connectivity index (χ3n) is 11.0. The molecule has 0 spiro atoms. The summed E-state index contributed by atoms with van der Waals surface area (Å²) >= 11 is 0. The van der Waals surface area contributed by atoms with Gasteiger partial charge in [-0.2, -0.15) is 0 Å². The molecular formula is C48H28N4. The van der Waals surface area contributed by atoms with Crippen molar-refractivity contribution >= 4 is 65.4 Å². The molecule has 0 saturated carbocycles. The second-order valence-corrected chi connectivity index (χ2v) is 13.8. The van der Waals surface area contributed by atoms with E-state index in [2.05, 4.69) is 167 Å². The topological polar surface area (TPSA) is 35.6 Å². The number of benzene rings is 8. The predicted molar refractivity (Wildman–Crippen MR) is 216 cm³/mol. The highest BCUT2D eigenvalue weighted by atomic mass is 15.1. The Labute approximate surface area is 298 Å². The van der Waals surface area contributed by atoms with Crippen LogP contribution in [0.5, 0.6) is 0 Å². The van der Waals surface area contributed by atoms with Crippen molar-refractivity contribution in [3.05, 3.63) is 170 Å². The molecular weight excluding hydrogens is 633 g/mol. The number of hydrogen-bond acceptors (Lipinski definition) is 2. The van der Waals surface area contributed by atoms with Gasteiger partial charge in [0.15, 0.2) is 5.82 Å². The molecule has 0 amide bonds. The van der Waals surface area contributed by atoms with Crippen molar-refractivity contribution in [2.24, 2.45) is 0 Å². The number of para-hydroxylation sites is 5. The highest BCUT2D eigenvalue weighted by molar-refractivity contribution is 6.28. The molecule has 0 aliphatic carbocycles. The zero-order chi connectivity index (χ0) is 33.9. The van der Waals surface area contributed by atoms with Gasteiger partial charge in [-0.25, -0.2) is 9.97 Å². The second kappa shape index (κ2) is 10.3. The summed E-state index contributed by atoms with van der Waals surface area (Å²) < 4.78 is 4.87. The number of hydrogen-bond donors (Lipinski definition) is 0. The molecule has 0 bridgehead atoms. The van der Waals surface area contributed by atoms with E-state index in [1.165, 1.54) is 71.3 Å². The maximum absolute atomic E-state index is 5.48. The molecule has 4 heteroatoms. The molecule has 4 heterocycles. The first-order valence-corrected chi connectivity index (χ1v) is 17.8. The third-order valence-corrected chi connectivity index (χ3v) is 11.0. The molecule has 0 fully saturated rings. The molecule has 3 aromatic heterocycles. The number of aromatic nitrogens is 4. The van der Waals surface area contributed by atoms with E-state index in [1.807, 2.05) is 12.1 Å². The van der Waals surface area contributed by atoms with Gasteiger partial charge in [-0.1, -0.05) is 127 Å². The molecule has 0 saturated heterocycles. The van der Waals surface area contributed by atoms with Crippen LogP contribution in [0.4, 0.5) is 0 Å². The Balaban J connectivity index is 1.31. The van der Waals surface area contributed by atoms with E-state index in [4.69, 9.17) is 9.97 Å². The molecule has 4 nitrogen and oxygen atoms in total. The van der Waals surface area contributed by atoms with Gasteiger partial charge >= 0.3 is 0 Å². The van der Waals surface area contributed by atoms with Crippen LogP contribution in [0.2, 0.25) is 0 Å². The van der Waals surface area contributed by atoms with Crippen molar-refractivity contribution in [2.75, 3.05) is 0 Å². The van der Waals surface area contributed by atoms with Gasteiger partial charge in [0.05, 0.1) is 38.8 Å². The van der Waals surface area contributed by atoms with Crippen LogP contribution in [0, 0.1) is 0 Å². The summed E-state index contributed by atoms with van der Waals surface area (Å²) in [4.78, 5) is 10.9. The fourth-order valence-corrected chi connectivity index (χ4v) is 8.82. The van der Waals surface area contributed by atoms with Crippen LogP contribution in [0.3, 0.4) is 0 Å². The van der Waals surface area contributed by atoms with Gasteiger partial charge in [-0.15, -0.1) is 0 Å². The van der Waals surface area contributed by atoms with Gasteiger partial charge in [-0.3, -0.25) is 4.57 Å². The minimum atomic E-state index is 0.820. The molecule has 12 rings (SSSR count). The first kappa shape index (κ1) is 27.7. The van der Waals surface area contributed by atoms with E-state index in [-0.39, 0.29) is 0 Å². The Bertz CT molecular complexity index is 3310. The zero-order valence-electron chi connectivity index (χ0n) is 28.0. The average molecular weight is 661 g/mol. The lowest BCUT2D eigenvalue weighted by atomic mass is 9.91. The lowest BCUT2D eigenvalue weighted by molar-refractivity contribution is 1.08. The zero-order valence-corrected chi connectivity index (χ0v) is 28.0. The Kier molecular flexibility index (Phi) is 5.47. The molecule has 52 heavy (non-hydrogen) atoms. The number of fused-ring (bicyclic) bond motifs is 14. The second-order valence-electron chi connectivity index (χ2n) is 13.8. The van der Waals surface area contributed by atoms with E-state index in [0.717, 1.165) is 39.1 Å². The molecule has 240 valence electrons. The quantitative estimate of drug-likeness (QED) is 0.185. The van der Waals surface area contributed by atoms with Gasteiger partial charge in [0, 0.05) is 38.2 Å². The number of rotatable bonds is 2. The highest BCUT2D eigenvalue weighted by Gasteiger charge is 2.29. The first-order chi connectivity index (χ1) is 25.8.